The molecule has 0 unspecified atom stereocenters. The summed E-state index contributed by atoms with van der Waals surface area (Å²) in [5, 5.41) is 20.9. The molecule has 0 atom stereocenters. The highest BCUT2D eigenvalue weighted by atomic mass is 32.1. The molecule has 0 saturated carbocycles. The van der Waals surface area contributed by atoms with Crippen molar-refractivity contribution < 1.29 is 27.8 Å². The van der Waals surface area contributed by atoms with E-state index in [1.807, 2.05) is 4.90 Å². The summed E-state index contributed by atoms with van der Waals surface area (Å²) in [6.07, 6.45) is 6.22. The van der Waals surface area contributed by atoms with Crippen molar-refractivity contribution in [1.82, 2.24) is 39.2 Å². The van der Waals surface area contributed by atoms with Crippen molar-refractivity contribution in [3.63, 3.8) is 0 Å². The van der Waals surface area contributed by atoms with Crippen LogP contribution in [0.2, 0.25) is 0 Å². The summed E-state index contributed by atoms with van der Waals surface area (Å²) in [6, 6.07) is 15.7. The van der Waals surface area contributed by atoms with Crippen LogP contribution in [0.1, 0.15) is 20.7 Å². The zero-order valence-corrected chi connectivity index (χ0v) is 31.8. The summed E-state index contributed by atoms with van der Waals surface area (Å²) < 4.78 is 43.7. The topological polar surface area (TPSA) is 178 Å². The number of hydrogen-bond donors (Lipinski definition) is 3. The van der Waals surface area contributed by atoms with E-state index in [1.165, 1.54) is 38.7 Å². The zero-order valence-electron chi connectivity index (χ0n) is 30.1. The van der Waals surface area contributed by atoms with Crippen LogP contribution in [0.25, 0.3) is 33.8 Å². The van der Waals surface area contributed by atoms with E-state index in [0.717, 1.165) is 11.3 Å². The van der Waals surface area contributed by atoms with Gasteiger partial charge in [0.25, 0.3) is 11.8 Å². The lowest BCUT2D eigenvalue weighted by Crippen LogP contribution is -2.37. The fourth-order valence-corrected chi connectivity index (χ4v) is 7.45. The molecule has 1 saturated heterocycles. The molecule has 0 aliphatic carbocycles. The van der Waals surface area contributed by atoms with Gasteiger partial charge in [-0.25, -0.2) is 37.7 Å². The predicted molar refractivity (Wildman–Crippen MR) is 214 cm³/mol. The number of carbonyl (C=O) groups excluding carboxylic acids is 2. The van der Waals surface area contributed by atoms with Crippen LogP contribution in [0.4, 0.5) is 30.7 Å². The second-order valence-corrected chi connectivity index (χ2v) is 14.6. The predicted octanol–water partition coefficient (Wildman–Crippen LogP) is 6.13. The summed E-state index contributed by atoms with van der Waals surface area (Å²) in [7, 11) is 0. The van der Waals surface area contributed by atoms with E-state index >= 15 is 0 Å². The largest absolute Gasteiger partial charge is 0.481 e. The van der Waals surface area contributed by atoms with Crippen LogP contribution in [0.15, 0.2) is 90.8 Å². The number of halogens is 2. The van der Waals surface area contributed by atoms with Crippen LogP contribution in [0.5, 0.6) is 5.06 Å². The molecule has 0 spiro atoms. The van der Waals surface area contributed by atoms with Gasteiger partial charge in [0.15, 0.2) is 32.4 Å². The second kappa shape index (κ2) is 15.9. The Hall–Kier alpha value is -6.90. The molecule has 1 aliphatic rings. The maximum absolute atomic E-state index is 14.7. The van der Waals surface area contributed by atoms with Crippen LogP contribution in [-0.2, 0) is 4.74 Å². The van der Waals surface area contributed by atoms with Gasteiger partial charge >= 0.3 is 0 Å². The first-order chi connectivity index (χ1) is 28.4. The van der Waals surface area contributed by atoms with Gasteiger partial charge in [0.05, 0.1) is 60.9 Å². The van der Waals surface area contributed by atoms with Crippen LogP contribution >= 0.6 is 22.7 Å². The number of anilines is 4. The van der Waals surface area contributed by atoms with Gasteiger partial charge in [0.2, 0.25) is 0 Å². The quantitative estimate of drug-likeness (QED) is 0.120. The summed E-state index contributed by atoms with van der Waals surface area (Å²) in [6.45, 7) is 2.65. The van der Waals surface area contributed by atoms with Gasteiger partial charge in [0, 0.05) is 35.8 Å². The molecule has 1 aliphatic heterocycles. The minimum Gasteiger partial charge on any atom is -0.481 e. The summed E-state index contributed by atoms with van der Waals surface area (Å²) in [5.74, 6) is -0.956. The van der Waals surface area contributed by atoms with Crippen LogP contribution in [0.3, 0.4) is 0 Å². The monoisotopic (exact) mass is 820 g/mol. The lowest BCUT2D eigenvalue weighted by molar-refractivity contribution is 0.101. The van der Waals surface area contributed by atoms with Crippen molar-refractivity contribution in [2.75, 3.05) is 60.3 Å². The van der Waals surface area contributed by atoms with E-state index in [9.17, 15) is 18.4 Å². The van der Waals surface area contributed by atoms with E-state index < -0.39 is 23.4 Å². The van der Waals surface area contributed by atoms with E-state index in [1.54, 1.807) is 72.5 Å². The van der Waals surface area contributed by atoms with Gasteiger partial charge in [-0.15, -0.1) is 21.5 Å². The fourth-order valence-electron chi connectivity index (χ4n) is 6.23. The smallest absolute Gasteiger partial charge is 0.261 e. The van der Waals surface area contributed by atoms with Gasteiger partial charge in [-0.1, -0.05) is 35.6 Å². The normalized spacial score (nSPS) is 12.9. The SMILES string of the molecule is O=C(Nc1nccs1)c1cc(NCCOc2cnc(NC(=O)c3cc(N4CCOCC4)nn4cc(-c5ccccc5F)nc34)s2)nn2cc(-c3ccccc3F)nc12. The van der Waals surface area contributed by atoms with Crippen molar-refractivity contribution in [1.29, 1.82) is 0 Å². The Morgan fingerprint density at radius 1 is 0.810 bits per heavy atom. The Balaban J connectivity index is 0.895. The average molecular weight is 821 g/mol. The molecule has 2 aromatic carbocycles. The minimum absolute atomic E-state index is 0.168. The Labute approximate surface area is 335 Å². The number of hydrogen-bond acceptors (Lipinski definition) is 14. The van der Waals surface area contributed by atoms with Crippen molar-refractivity contribution in [3.05, 3.63) is 114 Å². The lowest BCUT2D eigenvalue weighted by atomic mass is 10.1. The van der Waals surface area contributed by atoms with Gasteiger partial charge in [0.1, 0.15) is 24.1 Å². The number of morpholine rings is 1. The average Bonchev–Trinajstić information content (AvgIpc) is 4.07. The molecular formula is C38H30F2N12O4S2. The summed E-state index contributed by atoms with van der Waals surface area (Å²) in [5.41, 5.74) is 2.10. The molecule has 3 N–H and O–H groups in total. The van der Waals surface area contributed by atoms with Crippen molar-refractivity contribution in [2.24, 2.45) is 0 Å². The van der Waals surface area contributed by atoms with Crippen LogP contribution < -0.4 is 25.6 Å². The molecule has 0 bridgehead atoms. The highest BCUT2D eigenvalue weighted by Crippen LogP contribution is 2.29. The maximum atomic E-state index is 14.7. The Morgan fingerprint density at radius 3 is 2.10 bits per heavy atom. The maximum Gasteiger partial charge on any atom is 0.261 e. The number of ether oxygens (including phenoxy) is 2. The molecule has 292 valence electrons. The summed E-state index contributed by atoms with van der Waals surface area (Å²) >= 11 is 2.39. The van der Waals surface area contributed by atoms with Crippen molar-refractivity contribution in [2.45, 2.75) is 0 Å². The third-order valence-electron chi connectivity index (χ3n) is 8.97. The van der Waals surface area contributed by atoms with Crippen molar-refractivity contribution in [3.8, 4) is 27.6 Å². The third-order valence-corrected chi connectivity index (χ3v) is 10.5. The molecular weight excluding hydrogens is 791 g/mol. The zero-order chi connectivity index (χ0) is 39.6. The number of carbonyl (C=O) groups is 2. The molecule has 58 heavy (non-hydrogen) atoms. The molecule has 16 nitrogen and oxygen atoms in total. The third kappa shape index (κ3) is 7.62. The highest BCUT2D eigenvalue weighted by molar-refractivity contribution is 7.17. The molecule has 20 heteroatoms. The molecule has 6 aromatic heterocycles. The number of fused-ring (bicyclic) bond motifs is 2. The molecule has 2 amide bonds. The van der Waals surface area contributed by atoms with E-state index in [4.69, 9.17) is 14.6 Å². The highest BCUT2D eigenvalue weighted by Gasteiger charge is 2.23. The van der Waals surface area contributed by atoms with Gasteiger partial charge in [-0.3, -0.25) is 20.2 Å². The molecule has 1 fully saturated rings. The van der Waals surface area contributed by atoms with E-state index in [0.29, 0.717) is 59.5 Å². The number of rotatable bonds is 12. The number of thiazole rings is 2. The van der Waals surface area contributed by atoms with Crippen LogP contribution in [0, 0.1) is 11.6 Å². The first-order valence-corrected chi connectivity index (χ1v) is 19.5. The van der Waals surface area contributed by atoms with Crippen LogP contribution in [-0.4, -0.2) is 90.4 Å². The molecule has 0 radical (unpaired) electrons. The molecule has 9 rings (SSSR count). The number of nitrogens with zero attached hydrogens (tertiary/aromatic N) is 9. The Bertz CT molecular complexity index is 2780. The number of benzene rings is 2. The first kappa shape index (κ1) is 36.7. The molecule has 7 heterocycles. The second-order valence-electron chi connectivity index (χ2n) is 12.7. The Kier molecular flexibility index (Phi) is 10.1. The minimum atomic E-state index is -0.482. The van der Waals surface area contributed by atoms with Gasteiger partial charge < -0.3 is 19.7 Å². The lowest BCUT2D eigenvalue weighted by Gasteiger charge is -2.27. The number of amides is 2. The van der Waals surface area contributed by atoms with Gasteiger partial charge in [-0.2, -0.15) is 0 Å². The van der Waals surface area contributed by atoms with E-state index in [2.05, 4.69) is 41.0 Å². The van der Waals surface area contributed by atoms with E-state index in [-0.39, 0.29) is 51.8 Å². The summed E-state index contributed by atoms with van der Waals surface area (Å²) in [4.78, 5) is 46.8. The van der Waals surface area contributed by atoms with Crippen molar-refractivity contribution >= 4 is 67.7 Å². The first-order valence-electron chi connectivity index (χ1n) is 17.8. The van der Waals surface area contributed by atoms with Gasteiger partial charge in [-0.05, 0) is 36.4 Å². The molecule has 8 aromatic rings. The standard InChI is InChI=1S/C38H30F2N12O4S2/c39-26-7-3-1-5-22(26)28-20-51-33(44-28)24(35(53)46-37-42-10-16-57-37)17-30(48-51)41-9-13-56-32-19-43-38(58-32)47-36(54)25-18-31(50-11-14-55-15-12-50)49-52-21-29(45-34(25)52)23-6-2-4-8-27(23)40/h1-8,10,16-21H,9,11-15H2,(H,41,48)(H,42,46,53)(H,43,47,54). The Morgan fingerprint density at radius 2 is 1.45 bits per heavy atom. The number of imidazole rings is 2. The number of aromatic nitrogens is 8. The number of nitrogens with one attached hydrogen (secondary N) is 3. The fraction of sp³-hybridized carbons (Fsp3) is 0.158.